The Morgan fingerprint density at radius 3 is 2.48 bits per heavy atom. The molecular weight excluding hydrogens is 420 g/mol. The molecule has 0 unspecified atom stereocenters. The summed E-state index contributed by atoms with van der Waals surface area (Å²) < 4.78 is 16.2. The molecule has 1 aromatic carbocycles. The Balaban J connectivity index is 2.46. The van der Waals surface area contributed by atoms with E-state index in [1.165, 1.54) is 19.1 Å². The van der Waals surface area contributed by atoms with Crippen LogP contribution in [0.25, 0.3) is 0 Å². The molecule has 0 fully saturated rings. The molecule has 27 heavy (non-hydrogen) atoms. The zero-order valence-corrected chi connectivity index (χ0v) is 17.7. The molecule has 0 atom stereocenters. The number of amides is 2. The molecule has 0 aromatic heterocycles. The molecule has 0 radical (unpaired) electrons. The van der Waals surface area contributed by atoms with E-state index in [2.05, 4.69) is 21.2 Å². The number of likely N-dealkylation sites (N-methyl/N-ethyl adjacent to an activating group) is 1. The molecule has 0 heterocycles. The first-order chi connectivity index (χ1) is 12.5. The average molecular weight is 445 g/mol. The lowest BCUT2D eigenvalue weighted by molar-refractivity contribution is -0.122. The number of carbonyl (C=O) groups is 3. The van der Waals surface area contributed by atoms with Gasteiger partial charge in [0.1, 0.15) is 30.1 Å². The lowest BCUT2D eigenvalue weighted by Gasteiger charge is -2.24. The smallest absolute Gasteiger partial charge is 0.410 e. The van der Waals surface area contributed by atoms with Crippen molar-refractivity contribution in [3.8, 4) is 5.75 Å². The number of esters is 1. The lowest BCUT2D eigenvalue weighted by Crippen LogP contribution is -2.41. The van der Waals surface area contributed by atoms with Crippen LogP contribution in [0.3, 0.4) is 0 Å². The zero-order chi connectivity index (χ0) is 20.6. The normalized spacial score (nSPS) is 10.7. The Hall–Kier alpha value is -2.29. The monoisotopic (exact) mass is 444 g/mol. The summed E-state index contributed by atoms with van der Waals surface area (Å²) >= 11 is 3.31. The Morgan fingerprint density at radius 1 is 1.22 bits per heavy atom. The number of nitrogens with one attached hydrogen (secondary N) is 1. The zero-order valence-electron chi connectivity index (χ0n) is 16.1. The maximum atomic E-state index is 11.9. The molecule has 150 valence electrons. The summed E-state index contributed by atoms with van der Waals surface area (Å²) in [5, 5.41) is 2.64. The fourth-order valence-corrected chi connectivity index (χ4v) is 2.26. The van der Waals surface area contributed by atoms with E-state index in [0.717, 1.165) is 4.47 Å². The van der Waals surface area contributed by atoms with Crippen LogP contribution in [0.5, 0.6) is 5.75 Å². The summed E-state index contributed by atoms with van der Waals surface area (Å²) in [5.74, 6) is -0.522. The molecule has 9 heteroatoms. The van der Waals surface area contributed by atoms with Crippen LogP contribution < -0.4 is 10.1 Å². The largest absolute Gasteiger partial charge is 0.491 e. The number of ether oxygens (including phenoxy) is 3. The van der Waals surface area contributed by atoms with E-state index in [1.807, 2.05) is 0 Å². The van der Waals surface area contributed by atoms with Crippen molar-refractivity contribution in [3.63, 3.8) is 0 Å². The highest BCUT2D eigenvalue weighted by Gasteiger charge is 2.21. The Kier molecular flexibility index (Phi) is 8.55. The SMILES string of the molecule is COC(=O)c1ccc(Br)cc1OCCNC(=O)CN(C)C(=O)OC(C)(C)C. The molecule has 0 aliphatic carbocycles. The number of methoxy groups -OCH3 is 1. The number of halogens is 1. The first kappa shape index (κ1) is 22.8. The van der Waals surface area contributed by atoms with Gasteiger partial charge in [0.25, 0.3) is 0 Å². The van der Waals surface area contributed by atoms with Crippen molar-refractivity contribution in [2.24, 2.45) is 0 Å². The van der Waals surface area contributed by atoms with Crippen LogP contribution in [0, 0.1) is 0 Å². The summed E-state index contributed by atoms with van der Waals surface area (Å²) in [5.41, 5.74) is -0.339. The predicted molar refractivity (Wildman–Crippen MR) is 103 cm³/mol. The first-order valence-electron chi connectivity index (χ1n) is 8.25. The average Bonchev–Trinajstić information content (AvgIpc) is 2.56. The summed E-state index contributed by atoms with van der Waals surface area (Å²) in [6.45, 7) is 5.46. The van der Waals surface area contributed by atoms with Gasteiger partial charge in [-0.05, 0) is 39.0 Å². The third-order valence-electron chi connectivity index (χ3n) is 3.12. The maximum absolute atomic E-state index is 11.9. The minimum absolute atomic E-state index is 0.140. The van der Waals surface area contributed by atoms with E-state index >= 15 is 0 Å². The van der Waals surface area contributed by atoms with Crippen LogP contribution in [0.1, 0.15) is 31.1 Å². The second-order valence-electron chi connectivity index (χ2n) is 6.67. The van der Waals surface area contributed by atoms with Gasteiger partial charge in [0.2, 0.25) is 5.91 Å². The first-order valence-corrected chi connectivity index (χ1v) is 9.04. The summed E-state index contributed by atoms with van der Waals surface area (Å²) in [7, 11) is 2.77. The van der Waals surface area contributed by atoms with Gasteiger partial charge in [-0.1, -0.05) is 15.9 Å². The van der Waals surface area contributed by atoms with Crippen molar-refractivity contribution in [3.05, 3.63) is 28.2 Å². The molecule has 1 rings (SSSR count). The van der Waals surface area contributed by atoms with E-state index in [9.17, 15) is 14.4 Å². The highest BCUT2D eigenvalue weighted by molar-refractivity contribution is 9.10. The summed E-state index contributed by atoms with van der Waals surface area (Å²) in [4.78, 5) is 36.7. The van der Waals surface area contributed by atoms with Crippen molar-refractivity contribution >= 4 is 33.9 Å². The fourth-order valence-electron chi connectivity index (χ4n) is 1.92. The van der Waals surface area contributed by atoms with E-state index < -0.39 is 17.7 Å². The Bertz CT molecular complexity index is 687. The molecular formula is C18H25BrN2O6. The van der Waals surface area contributed by atoms with Crippen LogP contribution in [0.2, 0.25) is 0 Å². The number of nitrogens with zero attached hydrogens (tertiary/aromatic N) is 1. The van der Waals surface area contributed by atoms with Gasteiger partial charge in [-0.25, -0.2) is 9.59 Å². The molecule has 0 aliphatic rings. The molecule has 2 amide bonds. The number of carbonyl (C=O) groups excluding carboxylic acids is 3. The number of hydrogen-bond donors (Lipinski definition) is 1. The highest BCUT2D eigenvalue weighted by Crippen LogP contribution is 2.24. The summed E-state index contributed by atoms with van der Waals surface area (Å²) in [6.07, 6.45) is -0.578. The second-order valence-corrected chi connectivity index (χ2v) is 7.58. The number of benzene rings is 1. The van der Waals surface area contributed by atoms with Crippen LogP contribution in [-0.4, -0.2) is 62.3 Å². The van der Waals surface area contributed by atoms with Crippen LogP contribution in [0.4, 0.5) is 4.79 Å². The third-order valence-corrected chi connectivity index (χ3v) is 3.61. The van der Waals surface area contributed by atoms with E-state index in [0.29, 0.717) is 5.75 Å². The Labute approximate surface area is 167 Å². The van der Waals surface area contributed by atoms with Crippen molar-refractivity contribution in [2.75, 3.05) is 33.9 Å². The lowest BCUT2D eigenvalue weighted by atomic mass is 10.2. The molecule has 0 saturated carbocycles. The quantitative estimate of drug-likeness (QED) is 0.512. The van der Waals surface area contributed by atoms with Crippen LogP contribution >= 0.6 is 15.9 Å². The minimum Gasteiger partial charge on any atom is -0.491 e. The standard InChI is InChI=1S/C18H25BrN2O6/c1-18(2,3)27-17(24)21(4)11-15(22)20-8-9-26-14-10-12(19)6-7-13(14)16(23)25-5/h6-7,10H,8-9,11H2,1-5H3,(H,20,22). The third kappa shape index (κ3) is 8.29. The van der Waals surface area contributed by atoms with Gasteiger partial charge in [0, 0.05) is 11.5 Å². The van der Waals surface area contributed by atoms with Gasteiger partial charge < -0.3 is 24.4 Å². The topological polar surface area (TPSA) is 94.2 Å². The molecule has 0 saturated heterocycles. The summed E-state index contributed by atoms with van der Waals surface area (Å²) in [6, 6.07) is 4.93. The fraction of sp³-hybridized carbons (Fsp3) is 0.500. The molecule has 1 aromatic rings. The van der Waals surface area contributed by atoms with Crippen molar-refractivity contribution in [1.29, 1.82) is 0 Å². The highest BCUT2D eigenvalue weighted by atomic mass is 79.9. The molecule has 0 aliphatic heterocycles. The van der Waals surface area contributed by atoms with Gasteiger partial charge >= 0.3 is 12.1 Å². The van der Waals surface area contributed by atoms with Crippen LogP contribution in [0.15, 0.2) is 22.7 Å². The van der Waals surface area contributed by atoms with Gasteiger partial charge in [0.15, 0.2) is 0 Å². The van der Waals surface area contributed by atoms with E-state index in [1.54, 1.807) is 39.0 Å². The van der Waals surface area contributed by atoms with Gasteiger partial charge in [-0.3, -0.25) is 4.79 Å². The van der Waals surface area contributed by atoms with Crippen LogP contribution in [-0.2, 0) is 14.3 Å². The van der Waals surface area contributed by atoms with Gasteiger partial charge in [0.05, 0.1) is 13.7 Å². The van der Waals surface area contributed by atoms with Gasteiger partial charge in [-0.15, -0.1) is 0 Å². The maximum Gasteiger partial charge on any atom is 0.410 e. The van der Waals surface area contributed by atoms with E-state index in [4.69, 9.17) is 14.2 Å². The van der Waals surface area contributed by atoms with E-state index in [-0.39, 0.29) is 31.2 Å². The number of rotatable bonds is 7. The van der Waals surface area contributed by atoms with Crippen molar-refractivity contribution in [2.45, 2.75) is 26.4 Å². The molecule has 1 N–H and O–H groups in total. The van der Waals surface area contributed by atoms with Crippen molar-refractivity contribution < 1.29 is 28.6 Å². The van der Waals surface area contributed by atoms with Crippen molar-refractivity contribution in [1.82, 2.24) is 10.2 Å². The predicted octanol–water partition coefficient (Wildman–Crippen LogP) is 2.60. The second kappa shape index (κ2) is 10.1. The van der Waals surface area contributed by atoms with Gasteiger partial charge in [-0.2, -0.15) is 0 Å². The molecule has 8 nitrogen and oxygen atoms in total. The molecule has 0 spiro atoms. The molecule has 0 bridgehead atoms. The number of hydrogen-bond acceptors (Lipinski definition) is 6. The minimum atomic E-state index is -0.628. The Morgan fingerprint density at radius 2 is 1.89 bits per heavy atom.